The Hall–Kier alpha value is -3.19. The van der Waals surface area contributed by atoms with Crippen molar-refractivity contribution in [2.75, 3.05) is 13.7 Å². The van der Waals surface area contributed by atoms with Gasteiger partial charge in [-0.05, 0) is 18.6 Å². The highest BCUT2D eigenvalue weighted by atomic mass is 16.7. The average molecular weight is 613 g/mol. The molecular weight excluding hydrogens is 576 g/mol. The van der Waals surface area contributed by atoms with E-state index >= 15 is 0 Å². The molecule has 2 aliphatic rings. The number of nitrogens with zero attached hydrogens (tertiary/aromatic N) is 1. The van der Waals surface area contributed by atoms with Gasteiger partial charge in [0.05, 0.1) is 31.1 Å². The van der Waals surface area contributed by atoms with Crippen molar-refractivity contribution in [3.63, 3.8) is 0 Å². The SMILES string of the molecule is CO[C@@H]1[C@@H](O)[C@H](C)O[C@@H](OC[C@H]2O[C@@H](n3cc(CC(=O)NC(CC(=O)O)C(=O)O)c4ccccc43)[C@H](O)[C@@H](O)[C@@H]2O)[C@@H]1O. The quantitative estimate of drug-likeness (QED) is 0.133. The zero-order valence-electron chi connectivity index (χ0n) is 23.3. The summed E-state index contributed by atoms with van der Waals surface area (Å²) in [6.45, 7) is 1.15. The van der Waals surface area contributed by atoms with Crippen molar-refractivity contribution in [1.29, 1.82) is 0 Å². The first kappa shape index (κ1) is 32.7. The van der Waals surface area contributed by atoms with Gasteiger partial charge in [0, 0.05) is 18.7 Å². The number of hydrogen-bond donors (Lipinski definition) is 8. The van der Waals surface area contributed by atoms with Crippen molar-refractivity contribution in [2.45, 2.75) is 87.2 Å². The number of carboxylic acid groups (broad SMARTS) is 2. The second kappa shape index (κ2) is 13.6. The molecule has 0 bridgehead atoms. The Morgan fingerprint density at radius 1 is 0.977 bits per heavy atom. The number of fused-ring (bicyclic) bond motifs is 1. The monoisotopic (exact) mass is 612 g/mol. The van der Waals surface area contributed by atoms with Crippen LogP contribution in [0.3, 0.4) is 0 Å². The van der Waals surface area contributed by atoms with Gasteiger partial charge in [0.25, 0.3) is 0 Å². The van der Waals surface area contributed by atoms with Gasteiger partial charge in [-0.25, -0.2) is 4.79 Å². The zero-order valence-corrected chi connectivity index (χ0v) is 23.3. The molecule has 8 N–H and O–H groups in total. The Morgan fingerprint density at radius 3 is 2.33 bits per heavy atom. The summed E-state index contributed by atoms with van der Waals surface area (Å²) < 4.78 is 23.8. The average Bonchev–Trinajstić information content (AvgIpc) is 3.31. The first-order valence-corrected chi connectivity index (χ1v) is 13.5. The Bertz CT molecular complexity index is 1300. The predicted molar refractivity (Wildman–Crippen MR) is 142 cm³/mol. The molecule has 1 aromatic heterocycles. The maximum Gasteiger partial charge on any atom is 0.326 e. The van der Waals surface area contributed by atoms with Gasteiger partial charge in [-0.3, -0.25) is 9.59 Å². The molecule has 4 rings (SSSR count). The van der Waals surface area contributed by atoms with Crippen molar-refractivity contribution >= 4 is 28.7 Å². The number of amides is 1. The molecule has 1 aromatic carbocycles. The molecule has 0 saturated carbocycles. The van der Waals surface area contributed by atoms with Crippen LogP contribution in [0, 0.1) is 0 Å². The number of rotatable bonds is 11. The number of benzene rings is 1. The lowest BCUT2D eigenvalue weighted by atomic mass is 9.97. The molecule has 0 radical (unpaired) electrons. The van der Waals surface area contributed by atoms with Crippen LogP contribution in [-0.2, 0) is 39.8 Å². The summed E-state index contributed by atoms with van der Waals surface area (Å²) in [4.78, 5) is 35.1. The number of ether oxygens (including phenoxy) is 4. The number of hydrogen-bond acceptors (Lipinski definition) is 12. The number of carboxylic acids is 2. The van der Waals surface area contributed by atoms with Crippen LogP contribution in [0.15, 0.2) is 30.5 Å². The van der Waals surface area contributed by atoms with Gasteiger partial charge in [-0.2, -0.15) is 0 Å². The van der Waals surface area contributed by atoms with Crippen LogP contribution in [0.4, 0.5) is 0 Å². The Labute approximate surface area is 245 Å². The number of aromatic nitrogens is 1. The summed E-state index contributed by atoms with van der Waals surface area (Å²) in [6, 6.07) is 5.05. The third kappa shape index (κ3) is 6.98. The third-order valence-corrected chi connectivity index (χ3v) is 7.63. The van der Waals surface area contributed by atoms with Gasteiger partial charge in [-0.1, -0.05) is 18.2 Å². The summed E-state index contributed by atoms with van der Waals surface area (Å²) in [7, 11) is 1.31. The lowest BCUT2D eigenvalue weighted by Gasteiger charge is -2.43. The number of methoxy groups -OCH3 is 1. The van der Waals surface area contributed by atoms with Crippen LogP contribution in [0.5, 0.6) is 0 Å². The van der Waals surface area contributed by atoms with E-state index in [1.54, 1.807) is 31.2 Å². The van der Waals surface area contributed by atoms with Crippen LogP contribution < -0.4 is 5.32 Å². The van der Waals surface area contributed by atoms with Crippen molar-refractivity contribution < 1.29 is 69.1 Å². The van der Waals surface area contributed by atoms with E-state index in [2.05, 4.69) is 5.32 Å². The number of carbonyl (C=O) groups excluding carboxylic acids is 1. The van der Waals surface area contributed by atoms with Gasteiger partial charge < -0.3 is 64.6 Å². The van der Waals surface area contributed by atoms with Gasteiger partial charge in [-0.15, -0.1) is 0 Å². The van der Waals surface area contributed by atoms with Crippen molar-refractivity contribution in [1.82, 2.24) is 9.88 Å². The van der Waals surface area contributed by atoms with Crippen LogP contribution >= 0.6 is 0 Å². The smallest absolute Gasteiger partial charge is 0.326 e. The van der Waals surface area contributed by atoms with E-state index in [0.717, 1.165) is 0 Å². The molecule has 43 heavy (non-hydrogen) atoms. The fraction of sp³-hybridized carbons (Fsp3) is 0.593. The molecule has 1 amide bonds. The number of para-hydroxylation sites is 1. The molecule has 238 valence electrons. The standard InChI is InChI=1S/C27H36N2O14/c1-11-19(33)24(40-2)23(37)27(42-11)41-10-16-20(34)21(35)22(36)25(43-16)29-9-12(13-5-3-4-6-15(13)29)7-17(30)28-14(26(38)39)8-18(31)32/h3-6,9,11,14,16,19-25,27,33-37H,7-8,10H2,1-2H3,(H,28,30)(H,31,32)(H,38,39)/t11-,14?,16+,19-,20+,21-,22+,23+,24+,25+,27+/m0/s1. The van der Waals surface area contributed by atoms with Gasteiger partial charge in [0.15, 0.2) is 12.5 Å². The summed E-state index contributed by atoms with van der Waals surface area (Å²) >= 11 is 0. The van der Waals surface area contributed by atoms with Crippen LogP contribution in [0.1, 0.15) is 25.1 Å². The van der Waals surface area contributed by atoms with Gasteiger partial charge in [0.1, 0.15) is 48.8 Å². The second-order valence-corrected chi connectivity index (χ2v) is 10.6. The molecule has 0 spiro atoms. The molecule has 11 atom stereocenters. The minimum Gasteiger partial charge on any atom is -0.481 e. The molecule has 2 fully saturated rings. The maximum atomic E-state index is 12.7. The summed E-state index contributed by atoms with van der Waals surface area (Å²) in [5, 5.41) is 73.9. The molecule has 2 aromatic rings. The Kier molecular flexibility index (Phi) is 10.4. The van der Waals surface area contributed by atoms with Crippen LogP contribution in [-0.4, -0.2) is 133 Å². The van der Waals surface area contributed by atoms with Crippen molar-refractivity contribution in [2.24, 2.45) is 0 Å². The number of aliphatic carboxylic acids is 2. The summed E-state index contributed by atoms with van der Waals surface area (Å²) in [5.74, 6) is -3.67. The van der Waals surface area contributed by atoms with E-state index in [9.17, 15) is 45.0 Å². The highest BCUT2D eigenvalue weighted by molar-refractivity contribution is 5.92. The molecular formula is C27H36N2O14. The minimum absolute atomic E-state index is 0.348. The highest BCUT2D eigenvalue weighted by Gasteiger charge is 2.47. The largest absolute Gasteiger partial charge is 0.481 e. The minimum atomic E-state index is -1.70. The second-order valence-electron chi connectivity index (χ2n) is 10.6. The lowest BCUT2D eigenvalue weighted by molar-refractivity contribution is -0.314. The van der Waals surface area contributed by atoms with Gasteiger partial charge in [0.2, 0.25) is 5.91 Å². The molecule has 2 aliphatic heterocycles. The molecule has 1 unspecified atom stereocenters. The first-order chi connectivity index (χ1) is 20.3. The number of nitrogens with one attached hydrogen (secondary N) is 1. The van der Waals surface area contributed by atoms with E-state index in [1.807, 2.05) is 0 Å². The van der Waals surface area contributed by atoms with E-state index < -0.39 is 98.3 Å². The predicted octanol–water partition coefficient (Wildman–Crippen LogP) is -2.29. The molecule has 16 nitrogen and oxygen atoms in total. The zero-order chi connectivity index (χ0) is 31.6. The van der Waals surface area contributed by atoms with Crippen LogP contribution in [0.25, 0.3) is 10.9 Å². The molecule has 0 aliphatic carbocycles. The van der Waals surface area contributed by atoms with Crippen molar-refractivity contribution in [3.8, 4) is 0 Å². The van der Waals surface area contributed by atoms with Crippen molar-refractivity contribution in [3.05, 3.63) is 36.0 Å². The van der Waals surface area contributed by atoms with E-state index in [-0.39, 0.29) is 6.42 Å². The van der Waals surface area contributed by atoms with E-state index in [4.69, 9.17) is 24.1 Å². The summed E-state index contributed by atoms with van der Waals surface area (Å²) in [5.41, 5.74) is 0.850. The lowest BCUT2D eigenvalue weighted by Crippen LogP contribution is -2.60. The number of aliphatic hydroxyl groups excluding tert-OH is 5. The fourth-order valence-corrected chi connectivity index (χ4v) is 5.32. The van der Waals surface area contributed by atoms with E-state index in [1.165, 1.54) is 17.9 Å². The summed E-state index contributed by atoms with van der Waals surface area (Å²) in [6.07, 6.45) is -12.7. The molecule has 2 saturated heterocycles. The number of carbonyl (C=O) groups is 3. The molecule has 3 heterocycles. The van der Waals surface area contributed by atoms with Gasteiger partial charge >= 0.3 is 11.9 Å². The topological polar surface area (TPSA) is 247 Å². The fourth-order valence-electron chi connectivity index (χ4n) is 5.32. The number of aliphatic hydroxyl groups is 5. The Balaban J connectivity index is 1.54. The normalized spacial score (nSPS) is 33.7. The maximum absolute atomic E-state index is 12.7. The Morgan fingerprint density at radius 2 is 1.67 bits per heavy atom. The highest BCUT2D eigenvalue weighted by Crippen LogP contribution is 2.34. The van der Waals surface area contributed by atoms with Crippen LogP contribution in [0.2, 0.25) is 0 Å². The first-order valence-electron chi connectivity index (χ1n) is 13.5. The van der Waals surface area contributed by atoms with E-state index in [0.29, 0.717) is 16.5 Å². The molecule has 16 heteroatoms. The third-order valence-electron chi connectivity index (χ3n) is 7.63.